The number of ether oxygens (including phenoxy) is 1. The summed E-state index contributed by atoms with van der Waals surface area (Å²) < 4.78 is 101. The average Bonchev–Trinajstić information content (AvgIpc) is 2.87. The zero-order chi connectivity index (χ0) is 32.7. The Bertz CT molecular complexity index is 1310. The summed E-state index contributed by atoms with van der Waals surface area (Å²) in [4.78, 5) is 30.0. The Hall–Kier alpha value is -3.31. The number of benzene rings is 2. The fourth-order valence-corrected chi connectivity index (χ4v) is 5.49. The van der Waals surface area contributed by atoms with E-state index in [1.165, 1.54) is 35.8 Å². The van der Waals surface area contributed by atoms with E-state index in [1.807, 2.05) is 0 Å². The highest BCUT2D eigenvalue weighted by molar-refractivity contribution is 5.88. The Labute approximate surface area is 247 Å². The van der Waals surface area contributed by atoms with E-state index in [0.29, 0.717) is 23.3 Å². The molecule has 12 heteroatoms. The SMILES string of the molecule is CCN(C(=O)C(C)(C)c1cc(C(F)(F)F)cc(C(F)(F)F)c1)[C@H]1CCN(C(=O)OC(C)(C)C)C[C@@H]1c1ccc(F)cc1C. The number of halogens is 7. The third-order valence-electron chi connectivity index (χ3n) is 7.71. The van der Waals surface area contributed by atoms with E-state index in [4.69, 9.17) is 4.74 Å². The van der Waals surface area contributed by atoms with Crippen LogP contribution in [-0.4, -0.2) is 53.1 Å². The summed E-state index contributed by atoms with van der Waals surface area (Å²) in [6, 6.07) is 4.72. The first-order chi connectivity index (χ1) is 19.6. The van der Waals surface area contributed by atoms with Crippen LogP contribution >= 0.6 is 0 Å². The number of nitrogens with zero attached hydrogens (tertiary/aromatic N) is 2. The van der Waals surface area contributed by atoms with Gasteiger partial charge in [0.1, 0.15) is 11.4 Å². The number of carbonyl (C=O) groups is 2. The molecule has 1 fully saturated rings. The Morgan fingerprint density at radius 1 is 0.907 bits per heavy atom. The van der Waals surface area contributed by atoms with E-state index in [1.54, 1.807) is 40.7 Å². The molecule has 1 heterocycles. The van der Waals surface area contributed by atoms with Gasteiger partial charge in [0.05, 0.1) is 16.5 Å². The second-order valence-corrected chi connectivity index (χ2v) is 12.4. The highest BCUT2D eigenvalue weighted by Crippen LogP contribution is 2.41. The second kappa shape index (κ2) is 12.0. The Kier molecular flexibility index (Phi) is 9.54. The summed E-state index contributed by atoms with van der Waals surface area (Å²) in [5.74, 6) is -1.70. The van der Waals surface area contributed by atoms with Gasteiger partial charge in [0.15, 0.2) is 0 Å². The summed E-state index contributed by atoms with van der Waals surface area (Å²) in [7, 11) is 0. The Morgan fingerprint density at radius 3 is 1.91 bits per heavy atom. The molecule has 43 heavy (non-hydrogen) atoms. The minimum absolute atomic E-state index is 0.0291. The van der Waals surface area contributed by atoms with Gasteiger partial charge in [-0.15, -0.1) is 0 Å². The normalized spacial score (nSPS) is 18.4. The summed E-state index contributed by atoms with van der Waals surface area (Å²) in [5, 5.41) is 0. The molecule has 2 aromatic rings. The van der Waals surface area contributed by atoms with Crippen molar-refractivity contribution in [2.24, 2.45) is 0 Å². The summed E-state index contributed by atoms with van der Waals surface area (Å²) in [6.45, 7) is 11.5. The van der Waals surface area contributed by atoms with Crippen LogP contribution in [0.5, 0.6) is 0 Å². The number of likely N-dealkylation sites (N-methyl/N-ethyl adjacent to an activating group) is 1. The van der Waals surface area contributed by atoms with Gasteiger partial charge in [-0.25, -0.2) is 9.18 Å². The smallest absolute Gasteiger partial charge is 0.416 e. The molecule has 0 spiro atoms. The predicted molar refractivity (Wildman–Crippen MR) is 147 cm³/mol. The van der Waals surface area contributed by atoms with Crippen LogP contribution in [0.1, 0.15) is 81.7 Å². The molecule has 2 aromatic carbocycles. The van der Waals surface area contributed by atoms with E-state index < -0.39 is 69.8 Å². The van der Waals surface area contributed by atoms with Gasteiger partial charge < -0.3 is 14.5 Å². The summed E-state index contributed by atoms with van der Waals surface area (Å²) in [5.41, 5.74) is -4.79. The Morgan fingerprint density at radius 2 is 1.44 bits per heavy atom. The van der Waals surface area contributed by atoms with Gasteiger partial charge in [-0.3, -0.25) is 4.79 Å². The molecule has 0 aliphatic carbocycles. The number of carbonyl (C=O) groups excluding carboxylic acids is 2. The van der Waals surface area contributed by atoms with Crippen LogP contribution in [0.3, 0.4) is 0 Å². The van der Waals surface area contributed by atoms with Gasteiger partial charge in [-0.05, 0) is 102 Å². The van der Waals surface area contributed by atoms with Crippen molar-refractivity contribution in [2.75, 3.05) is 19.6 Å². The van der Waals surface area contributed by atoms with Crippen LogP contribution in [0.2, 0.25) is 0 Å². The first-order valence-electron chi connectivity index (χ1n) is 13.9. The standard InChI is InChI=1S/C31H37F7N2O3/c1-8-40(26(41)29(6,7)19-14-20(30(33,34)35)16-21(15-19)31(36,37)38)25-11-12-39(27(42)43-28(3,4)5)17-24(25)23-10-9-22(32)13-18(23)2/h9-10,13-16,24-25H,8,11-12,17H2,1-7H3/t24-,25+/m1/s1. The first-order valence-corrected chi connectivity index (χ1v) is 13.9. The van der Waals surface area contributed by atoms with Gasteiger partial charge in [0.2, 0.25) is 5.91 Å². The molecule has 5 nitrogen and oxygen atoms in total. The lowest BCUT2D eigenvalue weighted by atomic mass is 9.78. The van der Waals surface area contributed by atoms with Crippen molar-refractivity contribution in [2.45, 2.75) is 90.2 Å². The van der Waals surface area contributed by atoms with Gasteiger partial charge >= 0.3 is 18.4 Å². The van der Waals surface area contributed by atoms with Crippen LogP contribution < -0.4 is 0 Å². The highest BCUT2D eigenvalue weighted by Gasteiger charge is 2.45. The maximum absolute atomic E-state index is 14.1. The molecule has 0 saturated carbocycles. The molecule has 238 valence electrons. The first kappa shape index (κ1) is 34.2. The summed E-state index contributed by atoms with van der Waals surface area (Å²) >= 11 is 0. The molecule has 1 aliphatic heterocycles. The molecule has 0 bridgehead atoms. The minimum atomic E-state index is -5.07. The van der Waals surface area contributed by atoms with E-state index in [-0.39, 0.29) is 32.1 Å². The summed E-state index contributed by atoms with van der Waals surface area (Å²) in [6.07, 6.45) is -10.5. The fourth-order valence-electron chi connectivity index (χ4n) is 5.49. The quantitative estimate of drug-likeness (QED) is 0.319. The maximum Gasteiger partial charge on any atom is 0.416 e. The van der Waals surface area contributed by atoms with Crippen LogP contribution in [0.25, 0.3) is 0 Å². The molecule has 0 aromatic heterocycles. The molecule has 1 saturated heterocycles. The predicted octanol–water partition coefficient (Wildman–Crippen LogP) is 8.09. The molecule has 3 rings (SSSR count). The van der Waals surface area contributed by atoms with Crippen LogP contribution in [0.15, 0.2) is 36.4 Å². The third kappa shape index (κ3) is 7.80. The Balaban J connectivity index is 2.07. The molecule has 2 amide bonds. The molecule has 1 aliphatic rings. The van der Waals surface area contributed by atoms with Crippen molar-refractivity contribution in [3.05, 3.63) is 70.0 Å². The minimum Gasteiger partial charge on any atom is -0.444 e. The molecule has 2 atom stereocenters. The van der Waals surface area contributed by atoms with Crippen molar-refractivity contribution in [3.63, 3.8) is 0 Å². The molecule has 0 unspecified atom stereocenters. The van der Waals surface area contributed by atoms with Gasteiger partial charge in [-0.2, -0.15) is 26.3 Å². The lowest BCUT2D eigenvalue weighted by molar-refractivity contribution is -0.144. The van der Waals surface area contributed by atoms with Crippen molar-refractivity contribution >= 4 is 12.0 Å². The molecular weight excluding hydrogens is 581 g/mol. The lowest BCUT2D eigenvalue weighted by Crippen LogP contribution is -2.56. The maximum atomic E-state index is 14.1. The average molecular weight is 619 g/mol. The lowest BCUT2D eigenvalue weighted by Gasteiger charge is -2.46. The number of hydrogen-bond donors (Lipinski definition) is 0. The number of hydrogen-bond acceptors (Lipinski definition) is 3. The van der Waals surface area contributed by atoms with Crippen molar-refractivity contribution in [1.82, 2.24) is 9.80 Å². The van der Waals surface area contributed by atoms with Crippen LogP contribution in [0.4, 0.5) is 35.5 Å². The topological polar surface area (TPSA) is 49.9 Å². The third-order valence-corrected chi connectivity index (χ3v) is 7.71. The number of amides is 2. The van der Waals surface area contributed by atoms with Crippen LogP contribution in [-0.2, 0) is 27.3 Å². The zero-order valence-corrected chi connectivity index (χ0v) is 25.2. The van der Waals surface area contributed by atoms with Crippen molar-refractivity contribution in [1.29, 1.82) is 0 Å². The fraction of sp³-hybridized carbons (Fsp3) is 0.548. The number of alkyl halides is 6. The van der Waals surface area contributed by atoms with Gasteiger partial charge in [0.25, 0.3) is 0 Å². The van der Waals surface area contributed by atoms with Gasteiger partial charge in [-0.1, -0.05) is 6.07 Å². The van der Waals surface area contributed by atoms with Crippen molar-refractivity contribution in [3.8, 4) is 0 Å². The molecular formula is C31H37F7N2O3. The molecule has 0 N–H and O–H groups in total. The highest BCUT2D eigenvalue weighted by atomic mass is 19.4. The van der Waals surface area contributed by atoms with Crippen LogP contribution in [0, 0.1) is 12.7 Å². The van der Waals surface area contributed by atoms with Crippen molar-refractivity contribution < 1.29 is 45.1 Å². The van der Waals surface area contributed by atoms with E-state index in [9.17, 15) is 40.3 Å². The van der Waals surface area contributed by atoms with E-state index >= 15 is 0 Å². The van der Waals surface area contributed by atoms with E-state index in [0.717, 1.165) is 0 Å². The monoisotopic (exact) mass is 618 g/mol. The second-order valence-electron chi connectivity index (χ2n) is 12.4. The zero-order valence-electron chi connectivity index (χ0n) is 25.2. The van der Waals surface area contributed by atoms with E-state index in [2.05, 4.69) is 0 Å². The largest absolute Gasteiger partial charge is 0.444 e. The van der Waals surface area contributed by atoms with Gasteiger partial charge in [0, 0.05) is 31.6 Å². The number of aryl methyl sites for hydroxylation is 1. The number of piperidine rings is 1. The number of likely N-dealkylation sites (tertiary alicyclic amines) is 1. The number of rotatable bonds is 5. The molecule has 0 radical (unpaired) electrons.